The Labute approximate surface area is 299 Å². The van der Waals surface area contributed by atoms with Gasteiger partial charge in [-0.25, -0.2) is 0 Å². The molecule has 0 N–H and O–H groups in total. The molecule has 0 fully saturated rings. The summed E-state index contributed by atoms with van der Waals surface area (Å²) in [5.41, 5.74) is 1.33. The molecule has 0 bridgehead atoms. The number of benzene rings is 3. The van der Waals surface area contributed by atoms with Gasteiger partial charge in [0.15, 0.2) is 45.8 Å². The first kappa shape index (κ1) is 36.7. The van der Waals surface area contributed by atoms with E-state index in [4.69, 9.17) is 42.3 Å². The molecule has 270 valence electrons. The number of methoxy groups -OCH3 is 7. The van der Waals surface area contributed by atoms with Crippen molar-refractivity contribution >= 4 is 28.9 Å². The van der Waals surface area contributed by atoms with Crippen LogP contribution < -0.4 is 43.3 Å². The van der Waals surface area contributed by atoms with E-state index < -0.39 is 0 Å². The Balaban J connectivity index is 1.27. The first-order valence-electron chi connectivity index (χ1n) is 15.8. The van der Waals surface area contributed by atoms with Gasteiger partial charge < -0.3 is 42.3 Å². The predicted molar refractivity (Wildman–Crippen MR) is 193 cm³/mol. The summed E-state index contributed by atoms with van der Waals surface area (Å²) < 4.78 is 52.5. The molecule has 0 saturated carbocycles. The molecule has 51 heavy (non-hydrogen) atoms. The predicted octanol–water partition coefficient (Wildman–Crippen LogP) is 6.25. The zero-order valence-corrected chi connectivity index (χ0v) is 30.5. The van der Waals surface area contributed by atoms with E-state index in [1.807, 2.05) is 25.1 Å². The second-order valence-electron chi connectivity index (χ2n) is 10.8. The Hall–Kier alpha value is -5.57. The summed E-state index contributed by atoms with van der Waals surface area (Å²) in [7, 11) is 10.7. The highest BCUT2D eigenvalue weighted by Gasteiger charge is 2.23. The molecular weight excluding hydrogens is 680 g/mol. The summed E-state index contributed by atoms with van der Waals surface area (Å²) in [5, 5.41) is 14.0. The van der Waals surface area contributed by atoms with Gasteiger partial charge in [-0.3, -0.25) is 4.79 Å². The van der Waals surface area contributed by atoms with Crippen LogP contribution in [0.15, 0.2) is 61.9 Å². The minimum absolute atomic E-state index is 0.222. The number of unbranched alkanes of at least 4 members (excludes halogenated alkanes) is 1. The smallest absolute Gasteiger partial charge is 0.212 e. The second-order valence-corrected chi connectivity index (χ2v) is 11.9. The highest BCUT2D eigenvalue weighted by atomic mass is 32.2. The third kappa shape index (κ3) is 7.93. The fraction of sp³-hybridized carbons (Fsp3) is 0.333. The number of aryl methyl sites for hydroxylation is 1. The Morgan fingerprint density at radius 2 is 1.41 bits per heavy atom. The number of fused-ring (bicyclic) bond motifs is 1. The van der Waals surface area contributed by atoms with Crippen LogP contribution in [0.4, 0.5) is 0 Å². The van der Waals surface area contributed by atoms with Gasteiger partial charge in [-0.05, 0) is 55.7 Å². The van der Waals surface area contributed by atoms with E-state index in [2.05, 4.69) is 15.3 Å². The average Bonchev–Trinajstić information content (AvgIpc) is 3.51. The fourth-order valence-corrected chi connectivity index (χ4v) is 6.19. The number of hydrogen-bond acceptors (Lipinski definition) is 14. The minimum Gasteiger partial charge on any atom is -0.493 e. The molecule has 0 amide bonds. The summed E-state index contributed by atoms with van der Waals surface area (Å²) in [4.78, 5) is 13.5. The van der Waals surface area contributed by atoms with E-state index in [-0.39, 0.29) is 22.1 Å². The monoisotopic (exact) mass is 720 g/mol. The van der Waals surface area contributed by atoms with Crippen LogP contribution in [0.1, 0.15) is 24.2 Å². The molecule has 0 aliphatic rings. The van der Waals surface area contributed by atoms with Crippen molar-refractivity contribution < 1.29 is 42.3 Å². The van der Waals surface area contributed by atoms with Crippen molar-refractivity contribution in [3.63, 3.8) is 0 Å². The van der Waals surface area contributed by atoms with Crippen molar-refractivity contribution in [1.82, 2.24) is 14.9 Å². The lowest BCUT2D eigenvalue weighted by molar-refractivity contribution is 0.271. The molecule has 14 nitrogen and oxygen atoms in total. The molecule has 5 aromatic rings. The molecule has 0 saturated heterocycles. The molecule has 0 aliphatic heterocycles. The first-order valence-corrected chi connectivity index (χ1v) is 16.8. The first-order chi connectivity index (χ1) is 24.8. The summed E-state index contributed by atoms with van der Waals surface area (Å²) in [6, 6.07) is 12.0. The van der Waals surface area contributed by atoms with Crippen molar-refractivity contribution in [2.75, 3.05) is 62.1 Å². The molecule has 0 unspecified atom stereocenters. The number of hydrogen-bond donors (Lipinski definition) is 0. The van der Waals surface area contributed by atoms with Gasteiger partial charge in [0.05, 0.1) is 62.6 Å². The molecule has 0 spiro atoms. The van der Waals surface area contributed by atoms with Crippen LogP contribution in [-0.4, -0.2) is 83.2 Å². The average molecular weight is 721 g/mol. The zero-order valence-electron chi connectivity index (χ0n) is 29.7. The highest BCUT2D eigenvalue weighted by molar-refractivity contribution is 7.99. The number of rotatable bonds is 17. The summed E-state index contributed by atoms with van der Waals surface area (Å²) in [6.07, 6.45) is 3.22. The van der Waals surface area contributed by atoms with E-state index in [0.29, 0.717) is 75.6 Å². The van der Waals surface area contributed by atoms with Gasteiger partial charge in [0.1, 0.15) is 16.7 Å². The Morgan fingerprint density at radius 3 is 2.06 bits per heavy atom. The topological polar surface area (TPSA) is 147 Å². The van der Waals surface area contributed by atoms with Crippen molar-refractivity contribution in [3.8, 4) is 57.3 Å². The number of nitrogens with zero attached hydrogens (tertiary/aromatic N) is 4. The van der Waals surface area contributed by atoms with Gasteiger partial charge in [0.25, 0.3) is 0 Å². The van der Waals surface area contributed by atoms with Crippen LogP contribution in [0.5, 0.6) is 46.0 Å². The minimum atomic E-state index is -0.325. The van der Waals surface area contributed by atoms with E-state index in [1.165, 1.54) is 53.4 Å². The van der Waals surface area contributed by atoms with Crippen LogP contribution in [-0.2, 0) is 0 Å². The van der Waals surface area contributed by atoms with Crippen LogP contribution >= 0.6 is 11.8 Å². The molecular formula is C36H40N4O10S. The summed E-state index contributed by atoms with van der Waals surface area (Å²) >= 11 is 1.54. The van der Waals surface area contributed by atoms with Crippen molar-refractivity contribution in [3.05, 3.63) is 64.1 Å². The molecule has 0 radical (unpaired) electrons. The second kappa shape index (κ2) is 16.9. The normalized spacial score (nSPS) is 11.1. The largest absolute Gasteiger partial charge is 0.493 e. The summed E-state index contributed by atoms with van der Waals surface area (Å²) in [6.45, 7) is 2.19. The van der Waals surface area contributed by atoms with E-state index in [0.717, 1.165) is 17.7 Å². The lowest BCUT2D eigenvalue weighted by Gasteiger charge is -2.17. The Morgan fingerprint density at radius 1 is 0.745 bits per heavy atom. The van der Waals surface area contributed by atoms with E-state index in [9.17, 15) is 4.79 Å². The van der Waals surface area contributed by atoms with Crippen molar-refractivity contribution in [1.29, 1.82) is 0 Å². The van der Waals surface area contributed by atoms with Crippen LogP contribution in [0.25, 0.3) is 22.3 Å². The Kier molecular flexibility index (Phi) is 12.2. The van der Waals surface area contributed by atoms with E-state index in [1.54, 1.807) is 43.3 Å². The van der Waals surface area contributed by atoms with Gasteiger partial charge in [0, 0.05) is 23.4 Å². The number of thioether (sulfide) groups is 1. The molecule has 2 aromatic heterocycles. The lowest BCUT2D eigenvalue weighted by Crippen LogP contribution is -2.07. The maximum atomic E-state index is 13.5. The standard InChI is InChI=1S/C36H40N4O10S/c1-21-38-39-36(40(21)37-20-22-11-12-25(42-2)27(15-22)43-3)51-14-10-9-13-49-34-31(46-6)19-28-32(35(34)48-8)24(41)18-26(50-28)23-16-29(44-4)33(47-7)30(17-23)45-5/h11-12,15-20H,9-10,13-14H2,1-8H3. The highest BCUT2D eigenvalue weighted by Crippen LogP contribution is 2.45. The van der Waals surface area contributed by atoms with Gasteiger partial charge >= 0.3 is 0 Å². The van der Waals surface area contributed by atoms with Crippen LogP contribution in [0.3, 0.4) is 0 Å². The van der Waals surface area contributed by atoms with Gasteiger partial charge in [-0.15, -0.1) is 10.2 Å². The van der Waals surface area contributed by atoms with Crippen LogP contribution in [0.2, 0.25) is 0 Å². The van der Waals surface area contributed by atoms with Gasteiger partial charge in [0.2, 0.25) is 16.7 Å². The molecule has 3 aromatic carbocycles. The van der Waals surface area contributed by atoms with Crippen molar-refractivity contribution in [2.24, 2.45) is 5.10 Å². The quantitative estimate of drug-likeness (QED) is 0.0606. The maximum absolute atomic E-state index is 13.5. The van der Waals surface area contributed by atoms with Gasteiger partial charge in [-0.2, -0.15) is 9.78 Å². The third-order valence-corrected chi connectivity index (χ3v) is 8.79. The zero-order chi connectivity index (χ0) is 36.5. The fourth-order valence-electron chi connectivity index (χ4n) is 5.26. The molecule has 5 rings (SSSR count). The Bertz CT molecular complexity index is 2050. The van der Waals surface area contributed by atoms with Crippen LogP contribution in [0, 0.1) is 6.92 Å². The van der Waals surface area contributed by atoms with Gasteiger partial charge in [-0.1, -0.05) is 11.8 Å². The SMILES string of the molecule is COc1ccc(C=Nn2c(C)nnc2SCCCCOc2c(OC)cc3oc(-c4cc(OC)c(OC)c(OC)c4)cc(=O)c3c2OC)cc1OC. The molecule has 0 atom stereocenters. The van der Waals surface area contributed by atoms with E-state index >= 15 is 0 Å². The molecule has 2 heterocycles. The molecule has 0 aliphatic carbocycles. The lowest BCUT2D eigenvalue weighted by atomic mass is 10.1. The number of aromatic nitrogens is 3. The maximum Gasteiger partial charge on any atom is 0.212 e. The molecule has 15 heteroatoms. The van der Waals surface area contributed by atoms with Crippen molar-refractivity contribution in [2.45, 2.75) is 24.9 Å². The number of ether oxygens (including phenoxy) is 8. The summed E-state index contributed by atoms with van der Waals surface area (Å²) in [5.74, 6) is 5.10. The third-order valence-electron chi connectivity index (χ3n) is 7.78.